The standard InChI is InChI=1S/C53H101NO5/c1-3-5-7-9-11-13-15-17-18-19-20-21-22-23-27-31-35-39-43-47-53(58)59-48-44-40-36-32-28-24-26-30-34-38-42-46-52(57)54-50(49-55)51(56)45-41-37-33-29-25-16-14-12-10-8-6-4-2/h28,32,41,45,50-51,55-56H,3-27,29-31,33-40,42-44,46-49H2,1-2H3,(H,54,57)/b32-28-,45-41+. The minimum absolute atomic E-state index is 0.0288. The van der Waals surface area contributed by atoms with E-state index in [-0.39, 0.29) is 18.5 Å². The fourth-order valence-electron chi connectivity index (χ4n) is 7.92. The molecular weight excluding hydrogens is 731 g/mol. The summed E-state index contributed by atoms with van der Waals surface area (Å²) in [6.07, 6.45) is 57.6. The third-order valence-electron chi connectivity index (χ3n) is 12.0. The zero-order valence-electron chi connectivity index (χ0n) is 39.5. The third kappa shape index (κ3) is 45.7. The molecule has 6 nitrogen and oxygen atoms in total. The van der Waals surface area contributed by atoms with Crippen LogP contribution < -0.4 is 5.32 Å². The molecule has 0 rings (SSSR count). The second kappa shape index (κ2) is 49.0. The fraction of sp³-hybridized carbons (Fsp3) is 0.887. The Morgan fingerprint density at radius 1 is 0.458 bits per heavy atom. The number of amides is 1. The van der Waals surface area contributed by atoms with Crippen LogP contribution in [0.25, 0.3) is 0 Å². The molecule has 0 heterocycles. The zero-order chi connectivity index (χ0) is 43.0. The largest absolute Gasteiger partial charge is 0.466 e. The second-order valence-corrected chi connectivity index (χ2v) is 17.9. The van der Waals surface area contributed by atoms with Crippen molar-refractivity contribution in [3.8, 4) is 0 Å². The van der Waals surface area contributed by atoms with E-state index in [0.717, 1.165) is 83.5 Å². The Labute approximate surface area is 367 Å². The van der Waals surface area contributed by atoms with Crippen LogP contribution in [0.5, 0.6) is 0 Å². The monoisotopic (exact) mass is 832 g/mol. The van der Waals surface area contributed by atoms with Crippen LogP contribution in [-0.4, -0.2) is 47.4 Å². The van der Waals surface area contributed by atoms with Gasteiger partial charge in [-0.25, -0.2) is 0 Å². The maximum atomic E-state index is 12.4. The molecule has 1 amide bonds. The quantitative estimate of drug-likeness (QED) is 0.0322. The van der Waals surface area contributed by atoms with Crippen LogP contribution in [0.15, 0.2) is 24.3 Å². The summed E-state index contributed by atoms with van der Waals surface area (Å²) in [4.78, 5) is 24.5. The van der Waals surface area contributed by atoms with Crippen molar-refractivity contribution >= 4 is 11.9 Å². The van der Waals surface area contributed by atoms with E-state index in [9.17, 15) is 19.8 Å². The van der Waals surface area contributed by atoms with Gasteiger partial charge in [-0.1, -0.05) is 231 Å². The maximum Gasteiger partial charge on any atom is 0.305 e. The highest BCUT2D eigenvalue weighted by Crippen LogP contribution is 2.16. The highest BCUT2D eigenvalue weighted by atomic mass is 16.5. The van der Waals surface area contributed by atoms with E-state index in [0.29, 0.717) is 19.4 Å². The normalized spacial score (nSPS) is 12.8. The Bertz CT molecular complexity index is 920. The Balaban J connectivity index is 3.50. The number of rotatable bonds is 48. The van der Waals surface area contributed by atoms with Crippen LogP contribution >= 0.6 is 0 Å². The Morgan fingerprint density at radius 3 is 1.20 bits per heavy atom. The average molecular weight is 832 g/mol. The number of aliphatic hydroxyl groups excluding tert-OH is 2. The lowest BCUT2D eigenvalue weighted by molar-refractivity contribution is -0.143. The van der Waals surface area contributed by atoms with Gasteiger partial charge in [0.1, 0.15) is 0 Å². The molecule has 0 spiro atoms. The minimum atomic E-state index is -0.860. The molecule has 0 bridgehead atoms. The highest BCUT2D eigenvalue weighted by molar-refractivity contribution is 5.76. The molecule has 59 heavy (non-hydrogen) atoms. The SMILES string of the molecule is CCCCCCCCCCCC/C=C/C(O)C(CO)NC(=O)CCCCCCC/C=C\CCCCOC(=O)CCCCCCCCCCCCCCCCCCCCC. The molecule has 0 aliphatic heterocycles. The molecule has 0 radical (unpaired) electrons. The molecular formula is C53H101NO5. The smallest absolute Gasteiger partial charge is 0.305 e. The molecule has 0 aromatic carbocycles. The number of ether oxygens (including phenoxy) is 1. The van der Waals surface area contributed by atoms with Crippen LogP contribution in [0.3, 0.4) is 0 Å². The maximum absolute atomic E-state index is 12.4. The summed E-state index contributed by atoms with van der Waals surface area (Å²) in [6, 6.07) is -0.647. The van der Waals surface area contributed by atoms with E-state index in [1.54, 1.807) is 6.08 Å². The number of allylic oxidation sites excluding steroid dienone is 3. The van der Waals surface area contributed by atoms with Crippen molar-refractivity contribution in [3.63, 3.8) is 0 Å². The first-order chi connectivity index (χ1) is 29.0. The van der Waals surface area contributed by atoms with Crippen LogP contribution in [0, 0.1) is 0 Å². The lowest BCUT2D eigenvalue weighted by atomic mass is 10.0. The molecule has 6 heteroatoms. The Morgan fingerprint density at radius 2 is 0.797 bits per heavy atom. The van der Waals surface area contributed by atoms with E-state index in [2.05, 4.69) is 31.3 Å². The van der Waals surface area contributed by atoms with E-state index in [1.807, 2.05) is 6.08 Å². The first kappa shape index (κ1) is 57.3. The topological polar surface area (TPSA) is 95.9 Å². The van der Waals surface area contributed by atoms with E-state index in [1.165, 1.54) is 167 Å². The summed E-state index contributed by atoms with van der Waals surface area (Å²) in [6.45, 7) is 4.82. The lowest BCUT2D eigenvalue weighted by Gasteiger charge is -2.20. The highest BCUT2D eigenvalue weighted by Gasteiger charge is 2.18. The van der Waals surface area contributed by atoms with Crippen molar-refractivity contribution in [1.29, 1.82) is 0 Å². The first-order valence-corrected chi connectivity index (χ1v) is 26.1. The predicted molar refractivity (Wildman–Crippen MR) is 255 cm³/mol. The van der Waals surface area contributed by atoms with Crippen LogP contribution in [-0.2, 0) is 14.3 Å². The number of unbranched alkanes of at least 4 members (excludes halogenated alkanes) is 35. The number of aliphatic hydroxyl groups is 2. The first-order valence-electron chi connectivity index (χ1n) is 26.1. The number of carbonyl (C=O) groups is 2. The van der Waals surface area contributed by atoms with Gasteiger partial charge in [0.15, 0.2) is 0 Å². The number of nitrogens with one attached hydrogen (secondary N) is 1. The van der Waals surface area contributed by atoms with Gasteiger partial charge in [0.2, 0.25) is 5.91 Å². The Kier molecular flexibility index (Phi) is 47.6. The summed E-state index contributed by atoms with van der Waals surface area (Å²) in [5, 5.41) is 23.0. The van der Waals surface area contributed by atoms with Gasteiger partial charge in [0, 0.05) is 12.8 Å². The Hall–Kier alpha value is -1.66. The molecule has 0 saturated heterocycles. The average Bonchev–Trinajstić information content (AvgIpc) is 3.24. The summed E-state index contributed by atoms with van der Waals surface area (Å²) in [5.41, 5.74) is 0. The van der Waals surface area contributed by atoms with Gasteiger partial charge in [0.05, 0.1) is 25.4 Å². The van der Waals surface area contributed by atoms with Crippen molar-refractivity contribution in [3.05, 3.63) is 24.3 Å². The molecule has 3 N–H and O–H groups in total. The number of hydrogen-bond acceptors (Lipinski definition) is 5. The molecule has 0 saturated carbocycles. The summed E-state index contributed by atoms with van der Waals surface area (Å²) < 4.78 is 5.45. The lowest BCUT2D eigenvalue weighted by Crippen LogP contribution is -2.45. The predicted octanol–water partition coefficient (Wildman–Crippen LogP) is 15.5. The fourth-order valence-corrected chi connectivity index (χ4v) is 7.92. The van der Waals surface area contributed by atoms with Crippen molar-refractivity contribution in [2.24, 2.45) is 0 Å². The van der Waals surface area contributed by atoms with E-state index in [4.69, 9.17) is 4.74 Å². The second-order valence-electron chi connectivity index (χ2n) is 17.9. The van der Waals surface area contributed by atoms with Gasteiger partial charge in [-0.15, -0.1) is 0 Å². The number of carbonyl (C=O) groups excluding carboxylic acids is 2. The van der Waals surface area contributed by atoms with Crippen molar-refractivity contribution in [2.75, 3.05) is 13.2 Å². The molecule has 0 fully saturated rings. The van der Waals surface area contributed by atoms with Gasteiger partial charge < -0.3 is 20.3 Å². The van der Waals surface area contributed by atoms with Crippen molar-refractivity contribution in [1.82, 2.24) is 5.32 Å². The molecule has 2 unspecified atom stereocenters. The third-order valence-corrected chi connectivity index (χ3v) is 12.0. The van der Waals surface area contributed by atoms with E-state index < -0.39 is 12.1 Å². The molecule has 0 aliphatic carbocycles. The summed E-state index contributed by atoms with van der Waals surface area (Å²) in [5.74, 6) is -0.126. The molecule has 348 valence electrons. The zero-order valence-corrected chi connectivity index (χ0v) is 39.5. The van der Waals surface area contributed by atoms with Crippen molar-refractivity contribution in [2.45, 2.75) is 289 Å². The van der Waals surface area contributed by atoms with Gasteiger partial charge in [-0.3, -0.25) is 9.59 Å². The minimum Gasteiger partial charge on any atom is -0.466 e. The molecule has 2 atom stereocenters. The van der Waals surface area contributed by atoms with Crippen LogP contribution in [0.1, 0.15) is 277 Å². The summed E-state index contributed by atoms with van der Waals surface area (Å²) in [7, 11) is 0. The van der Waals surface area contributed by atoms with Crippen LogP contribution in [0.2, 0.25) is 0 Å². The molecule has 0 aliphatic rings. The van der Waals surface area contributed by atoms with Gasteiger partial charge in [-0.2, -0.15) is 0 Å². The van der Waals surface area contributed by atoms with Crippen molar-refractivity contribution < 1.29 is 24.5 Å². The molecule has 0 aromatic heterocycles. The van der Waals surface area contributed by atoms with Gasteiger partial charge in [0.25, 0.3) is 0 Å². The number of hydrogen-bond donors (Lipinski definition) is 3. The van der Waals surface area contributed by atoms with Crippen LogP contribution in [0.4, 0.5) is 0 Å². The molecule has 0 aromatic rings. The van der Waals surface area contributed by atoms with Gasteiger partial charge in [-0.05, 0) is 57.8 Å². The van der Waals surface area contributed by atoms with E-state index >= 15 is 0 Å². The number of esters is 1. The van der Waals surface area contributed by atoms with Gasteiger partial charge >= 0.3 is 5.97 Å². The summed E-state index contributed by atoms with van der Waals surface area (Å²) >= 11 is 0.